The Hall–Kier alpha value is -2.02. The topological polar surface area (TPSA) is 36.3 Å². The van der Waals surface area contributed by atoms with Crippen molar-refractivity contribution in [2.24, 2.45) is 0 Å². The summed E-state index contributed by atoms with van der Waals surface area (Å²) in [5.41, 5.74) is 1.82. The molecule has 0 amide bonds. The van der Waals surface area contributed by atoms with Crippen LogP contribution in [0.2, 0.25) is 5.02 Å². The summed E-state index contributed by atoms with van der Waals surface area (Å²) in [5.74, 6) is 0.819. The van der Waals surface area contributed by atoms with Gasteiger partial charge in [0.1, 0.15) is 12.4 Å². The maximum absolute atomic E-state index is 8.89. The third kappa shape index (κ3) is 5.11. The summed E-state index contributed by atoms with van der Waals surface area (Å²) in [6, 6.07) is 17.2. The number of hydrogen-bond donors (Lipinski definition) is 0. The molecule has 0 unspecified atom stereocenters. The number of benzene rings is 2. The van der Waals surface area contributed by atoms with Gasteiger partial charge in [-0.15, -0.1) is 0 Å². The van der Waals surface area contributed by atoms with Gasteiger partial charge < -0.3 is 4.74 Å². The SMILES string of the molecule is CN(CCOc1ccc(Cl)cc1)Cc1cccc(C#N)c1. The molecule has 2 rings (SSSR count). The molecule has 0 saturated heterocycles. The number of likely N-dealkylation sites (N-methyl/N-ethyl adjacent to an activating group) is 1. The highest BCUT2D eigenvalue weighted by Gasteiger charge is 2.02. The van der Waals surface area contributed by atoms with Gasteiger partial charge in [0, 0.05) is 18.1 Å². The van der Waals surface area contributed by atoms with Crippen molar-refractivity contribution in [3.8, 4) is 11.8 Å². The highest BCUT2D eigenvalue weighted by Crippen LogP contribution is 2.15. The molecular weight excluding hydrogens is 284 g/mol. The van der Waals surface area contributed by atoms with Gasteiger partial charge in [-0.05, 0) is 49.0 Å². The Balaban J connectivity index is 1.78. The average Bonchev–Trinajstić information content (AvgIpc) is 2.49. The van der Waals surface area contributed by atoms with Crippen molar-refractivity contribution < 1.29 is 4.74 Å². The first-order chi connectivity index (χ1) is 10.2. The lowest BCUT2D eigenvalue weighted by molar-refractivity contribution is 0.233. The van der Waals surface area contributed by atoms with Crippen LogP contribution >= 0.6 is 11.6 Å². The second-order valence-corrected chi connectivity index (χ2v) is 5.29. The summed E-state index contributed by atoms with van der Waals surface area (Å²) in [5, 5.41) is 9.60. The van der Waals surface area contributed by atoms with Crippen molar-refractivity contribution >= 4 is 11.6 Å². The van der Waals surface area contributed by atoms with Gasteiger partial charge in [-0.25, -0.2) is 0 Å². The van der Waals surface area contributed by atoms with E-state index in [1.165, 1.54) is 0 Å². The predicted molar refractivity (Wildman–Crippen MR) is 84.4 cm³/mol. The summed E-state index contributed by atoms with van der Waals surface area (Å²) < 4.78 is 5.66. The molecule has 3 nitrogen and oxygen atoms in total. The van der Waals surface area contributed by atoms with Crippen LogP contribution < -0.4 is 4.74 Å². The quantitative estimate of drug-likeness (QED) is 0.815. The molecule has 2 aromatic carbocycles. The summed E-state index contributed by atoms with van der Waals surface area (Å²) >= 11 is 5.82. The highest BCUT2D eigenvalue weighted by molar-refractivity contribution is 6.30. The van der Waals surface area contributed by atoms with Crippen LogP contribution in [0.1, 0.15) is 11.1 Å². The van der Waals surface area contributed by atoms with Gasteiger partial charge in [0.05, 0.1) is 11.6 Å². The number of nitrogens with zero attached hydrogens (tertiary/aromatic N) is 2. The van der Waals surface area contributed by atoms with E-state index in [2.05, 4.69) is 11.0 Å². The Kier molecular flexibility index (Phi) is 5.62. The van der Waals surface area contributed by atoms with Crippen molar-refractivity contribution in [3.05, 3.63) is 64.7 Å². The van der Waals surface area contributed by atoms with Crippen LogP contribution in [0.4, 0.5) is 0 Å². The standard InChI is InChI=1S/C17H17ClN2O/c1-20(13-15-4-2-3-14(11-15)12-19)9-10-21-17-7-5-16(18)6-8-17/h2-8,11H,9-10,13H2,1H3. The zero-order valence-corrected chi connectivity index (χ0v) is 12.7. The molecule has 0 radical (unpaired) electrons. The number of halogens is 1. The largest absolute Gasteiger partial charge is 0.492 e. The maximum atomic E-state index is 8.89. The van der Waals surface area contributed by atoms with Gasteiger partial charge in [0.2, 0.25) is 0 Å². The van der Waals surface area contributed by atoms with Gasteiger partial charge >= 0.3 is 0 Å². The molecule has 0 aromatic heterocycles. The first kappa shape index (κ1) is 15.4. The van der Waals surface area contributed by atoms with Crippen molar-refractivity contribution in [1.82, 2.24) is 4.90 Å². The second kappa shape index (κ2) is 7.68. The van der Waals surface area contributed by atoms with E-state index in [1.54, 1.807) is 0 Å². The van der Waals surface area contributed by atoms with Crippen molar-refractivity contribution in [2.45, 2.75) is 6.54 Å². The first-order valence-corrected chi connectivity index (χ1v) is 7.11. The number of rotatable bonds is 6. The second-order valence-electron chi connectivity index (χ2n) is 4.85. The predicted octanol–water partition coefficient (Wildman–Crippen LogP) is 3.72. The van der Waals surface area contributed by atoms with Crippen molar-refractivity contribution in [2.75, 3.05) is 20.2 Å². The van der Waals surface area contributed by atoms with Crippen LogP contribution in [-0.2, 0) is 6.54 Å². The fourth-order valence-corrected chi connectivity index (χ4v) is 2.11. The lowest BCUT2D eigenvalue weighted by Gasteiger charge is -2.17. The lowest BCUT2D eigenvalue weighted by Crippen LogP contribution is -2.23. The van der Waals surface area contributed by atoms with Crippen LogP contribution in [0.3, 0.4) is 0 Å². The fraction of sp³-hybridized carbons (Fsp3) is 0.235. The third-order valence-corrected chi connectivity index (χ3v) is 3.32. The molecule has 21 heavy (non-hydrogen) atoms. The van der Waals surface area contributed by atoms with Crippen LogP contribution in [0.25, 0.3) is 0 Å². The highest BCUT2D eigenvalue weighted by atomic mass is 35.5. The van der Waals surface area contributed by atoms with Crippen LogP contribution in [0.15, 0.2) is 48.5 Å². The Morgan fingerprint density at radius 1 is 1.19 bits per heavy atom. The average molecular weight is 301 g/mol. The van der Waals surface area contributed by atoms with Crippen molar-refractivity contribution in [3.63, 3.8) is 0 Å². The monoisotopic (exact) mass is 300 g/mol. The summed E-state index contributed by atoms with van der Waals surface area (Å²) in [6.45, 7) is 2.20. The lowest BCUT2D eigenvalue weighted by atomic mass is 10.1. The van der Waals surface area contributed by atoms with Gasteiger partial charge in [-0.3, -0.25) is 4.90 Å². The minimum Gasteiger partial charge on any atom is -0.492 e. The molecule has 0 fully saturated rings. The third-order valence-electron chi connectivity index (χ3n) is 3.06. The first-order valence-electron chi connectivity index (χ1n) is 6.73. The van der Waals surface area contributed by atoms with E-state index in [9.17, 15) is 0 Å². The smallest absolute Gasteiger partial charge is 0.119 e. The van der Waals surface area contributed by atoms with Gasteiger partial charge in [0.25, 0.3) is 0 Å². The summed E-state index contributed by atoms with van der Waals surface area (Å²) in [7, 11) is 2.03. The molecule has 0 aliphatic rings. The normalized spacial score (nSPS) is 10.4. The van der Waals surface area contributed by atoms with Crippen LogP contribution in [-0.4, -0.2) is 25.1 Å². The van der Waals surface area contributed by atoms with Crippen LogP contribution in [0.5, 0.6) is 5.75 Å². The molecule has 0 aliphatic heterocycles. The minimum atomic E-state index is 0.607. The van der Waals surface area contributed by atoms with E-state index in [0.29, 0.717) is 17.2 Å². The molecule has 4 heteroatoms. The zero-order chi connectivity index (χ0) is 15.1. The number of nitriles is 1. The van der Waals surface area contributed by atoms with Gasteiger partial charge in [-0.1, -0.05) is 23.7 Å². The van der Waals surface area contributed by atoms with E-state index < -0.39 is 0 Å². The number of ether oxygens (including phenoxy) is 1. The molecule has 0 aliphatic carbocycles. The van der Waals surface area contributed by atoms with E-state index in [-0.39, 0.29) is 0 Å². The number of hydrogen-bond acceptors (Lipinski definition) is 3. The van der Waals surface area contributed by atoms with Gasteiger partial charge in [-0.2, -0.15) is 5.26 Å². The molecule has 2 aromatic rings. The van der Waals surface area contributed by atoms with Gasteiger partial charge in [0.15, 0.2) is 0 Å². The molecule has 0 heterocycles. The van der Waals surface area contributed by atoms with Crippen LogP contribution in [0, 0.1) is 11.3 Å². The minimum absolute atomic E-state index is 0.607. The molecular formula is C17H17ClN2O. The molecule has 0 bridgehead atoms. The fourth-order valence-electron chi connectivity index (χ4n) is 1.98. The molecule has 0 saturated carbocycles. The molecule has 0 N–H and O–H groups in total. The molecule has 0 atom stereocenters. The Morgan fingerprint density at radius 3 is 2.67 bits per heavy atom. The van der Waals surface area contributed by atoms with E-state index in [0.717, 1.165) is 24.4 Å². The Bertz CT molecular complexity index is 619. The van der Waals surface area contributed by atoms with Crippen molar-refractivity contribution in [1.29, 1.82) is 5.26 Å². The summed E-state index contributed by atoms with van der Waals surface area (Å²) in [6.07, 6.45) is 0. The Morgan fingerprint density at radius 2 is 1.95 bits per heavy atom. The van der Waals surface area contributed by atoms with E-state index >= 15 is 0 Å². The van der Waals surface area contributed by atoms with E-state index in [1.807, 2.05) is 55.6 Å². The zero-order valence-electron chi connectivity index (χ0n) is 11.9. The van der Waals surface area contributed by atoms with E-state index in [4.69, 9.17) is 21.6 Å². The molecule has 0 spiro atoms. The Labute approximate surface area is 130 Å². The maximum Gasteiger partial charge on any atom is 0.119 e. The summed E-state index contributed by atoms with van der Waals surface area (Å²) in [4.78, 5) is 2.16. The molecule has 108 valence electrons.